The molecule has 4 N–H and O–H groups in total. The van der Waals surface area contributed by atoms with Crippen LogP contribution in [0.3, 0.4) is 0 Å². The molecule has 2 aromatic rings. The Morgan fingerprint density at radius 2 is 1.72 bits per heavy atom. The van der Waals surface area contributed by atoms with Gasteiger partial charge in [-0.1, -0.05) is 30.3 Å². The Morgan fingerprint density at radius 3 is 2.41 bits per heavy atom. The first-order valence-electron chi connectivity index (χ1n) is 9.57. The molecule has 3 rings (SSSR count). The molecule has 1 aliphatic heterocycles. The maximum Gasteiger partial charge on any atom is 0.573 e. The topological polar surface area (TPSA) is 117 Å². The number of rotatable bonds is 7. The van der Waals surface area contributed by atoms with Gasteiger partial charge in [0.2, 0.25) is 0 Å². The first-order valence-corrected chi connectivity index (χ1v) is 9.57. The predicted octanol–water partition coefficient (Wildman–Crippen LogP) is 1.24. The average molecular weight is 454 g/mol. The van der Waals surface area contributed by atoms with Gasteiger partial charge in [0.25, 0.3) is 11.8 Å². The van der Waals surface area contributed by atoms with E-state index in [-0.39, 0.29) is 25.3 Å². The number of carbonyl (C=O) groups is 2. The van der Waals surface area contributed by atoms with Gasteiger partial charge in [-0.05, 0) is 24.3 Å². The van der Waals surface area contributed by atoms with E-state index in [2.05, 4.69) is 15.4 Å². The van der Waals surface area contributed by atoms with Gasteiger partial charge in [-0.15, -0.1) is 13.2 Å². The van der Waals surface area contributed by atoms with E-state index in [0.717, 1.165) is 12.1 Å². The second-order valence-electron chi connectivity index (χ2n) is 7.20. The van der Waals surface area contributed by atoms with E-state index >= 15 is 0 Å². The zero-order valence-corrected chi connectivity index (χ0v) is 16.6. The SMILES string of the molecule is O=C(NC[C@]1(O)CO[C@H](CNC(=O)c2ccccc2OC(F)(F)F)[C@H]1O)c1ccccc1. The molecule has 32 heavy (non-hydrogen) atoms. The van der Waals surface area contributed by atoms with Crippen molar-refractivity contribution < 1.29 is 42.4 Å². The Bertz CT molecular complexity index is 956. The zero-order valence-electron chi connectivity index (χ0n) is 16.6. The van der Waals surface area contributed by atoms with Crippen LogP contribution in [0.5, 0.6) is 5.75 Å². The summed E-state index contributed by atoms with van der Waals surface area (Å²) >= 11 is 0. The summed E-state index contributed by atoms with van der Waals surface area (Å²) in [5.41, 5.74) is -1.80. The number of aliphatic hydroxyl groups is 2. The van der Waals surface area contributed by atoms with E-state index < -0.39 is 41.7 Å². The van der Waals surface area contributed by atoms with Crippen LogP contribution < -0.4 is 15.4 Å². The van der Waals surface area contributed by atoms with Crippen LogP contribution >= 0.6 is 0 Å². The molecule has 0 aromatic heterocycles. The minimum absolute atomic E-state index is 0.296. The summed E-state index contributed by atoms with van der Waals surface area (Å²) in [5, 5.41) is 25.9. The Morgan fingerprint density at radius 1 is 1.06 bits per heavy atom. The molecule has 1 heterocycles. The lowest BCUT2D eigenvalue weighted by molar-refractivity contribution is -0.274. The molecule has 11 heteroatoms. The maximum absolute atomic E-state index is 12.5. The van der Waals surface area contributed by atoms with Crippen LogP contribution in [0.25, 0.3) is 0 Å². The van der Waals surface area contributed by atoms with Crippen molar-refractivity contribution in [1.29, 1.82) is 0 Å². The third-order valence-electron chi connectivity index (χ3n) is 4.86. The zero-order chi connectivity index (χ0) is 23.4. The number of amides is 2. The van der Waals surface area contributed by atoms with Gasteiger partial charge in [-0.3, -0.25) is 9.59 Å². The van der Waals surface area contributed by atoms with Gasteiger partial charge in [0.05, 0.1) is 18.7 Å². The molecule has 1 saturated heterocycles. The van der Waals surface area contributed by atoms with Crippen molar-refractivity contribution in [3.63, 3.8) is 0 Å². The smallest absolute Gasteiger partial charge is 0.405 e. The Balaban J connectivity index is 1.56. The summed E-state index contributed by atoms with van der Waals surface area (Å²) in [6.07, 6.45) is -7.49. The van der Waals surface area contributed by atoms with Crippen molar-refractivity contribution in [1.82, 2.24) is 10.6 Å². The molecule has 1 fully saturated rings. The molecular weight excluding hydrogens is 433 g/mol. The minimum Gasteiger partial charge on any atom is -0.405 e. The molecule has 0 aliphatic carbocycles. The molecule has 172 valence electrons. The Kier molecular flexibility index (Phi) is 7.02. The fraction of sp³-hybridized carbons (Fsp3) is 0.333. The number of benzene rings is 2. The Hall–Kier alpha value is -3.15. The molecule has 0 saturated carbocycles. The van der Waals surface area contributed by atoms with E-state index in [0.29, 0.717) is 5.56 Å². The average Bonchev–Trinajstić information content (AvgIpc) is 3.04. The summed E-state index contributed by atoms with van der Waals surface area (Å²) in [5.74, 6) is -2.01. The molecule has 0 unspecified atom stereocenters. The van der Waals surface area contributed by atoms with Crippen LogP contribution in [-0.4, -0.2) is 65.9 Å². The summed E-state index contributed by atoms with van der Waals surface area (Å²) in [6, 6.07) is 13.1. The summed E-state index contributed by atoms with van der Waals surface area (Å²) in [4.78, 5) is 24.5. The standard InChI is InChI=1S/C21H21F3N2O6/c22-21(23,24)32-15-9-5-4-8-14(15)19(29)25-10-16-17(27)20(30,12-31-16)11-26-18(28)13-6-2-1-3-7-13/h1-9,16-17,27,30H,10-12H2,(H,25,29)(H,26,28)/t16-,17-,20+/m1/s1. The molecule has 0 bridgehead atoms. The van der Waals surface area contributed by atoms with Gasteiger partial charge < -0.3 is 30.3 Å². The van der Waals surface area contributed by atoms with Crippen LogP contribution in [0.1, 0.15) is 20.7 Å². The number of halogens is 3. The lowest BCUT2D eigenvalue weighted by Crippen LogP contribution is -2.53. The molecule has 0 spiro atoms. The second-order valence-corrected chi connectivity index (χ2v) is 7.20. The van der Waals surface area contributed by atoms with Crippen molar-refractivity contribution in [2.45, 2.75) is 24.2 Å². The van der Waals surface area contributed by atoms with Gasteiger partial charge >= 0.3 is 6.36 Å². The number of alkyl halides is 3. The number of para-hydroxylation sites is 1. The van der Waals surface area contributed by atoms with Gasteiger partial charge in [-0.2, -0.15) is 0 Å². The van der Waals surface area contributed by atoms with Gasteiger partial charge in [0.15, 0.2) is 0 Å². The van der Waals surface area contributed by atoms with Crippen LogP contribution in [0.4, 0.5) is 13.2 Å². The van der Waals surface area contributed by atoms with Crippen molar-refractivity contribution in [2.75, 3.05) is 19.7 Å². The molecule has 8 nitrogen and oxygen atoms in total. The summed E-state index contributed by atoms with van der Waals surface area (Å²) < 4.78 is 46.8. The molecule has 2 amide bonds. The quantitative estimate of drug-likeness (QED) is 0.500. The molecule has 1 aliphatic rings. The van der Waals surface area contributed by atoms with E-state index in [9.17, 15) is 33.0 Å². The highest BCUT2D eigenvalue weighted by atomic mass is 19.4. The first kappa shape index (κ1) is 23.5. The number of hydrogen-bond donors (Lipinski definition) is 4. The van der Waals surface area contributed by atoms with Crippen LogP contribution in [-0.2, 0) is 4.74 Å². The number of ether oxygens (including phenoxy) is 2. The Labute approximate surface area is 181 Å². The monoisotopic (exact) mass is 454 g/mol. The van der Waals surface area contributed by atoms with Crippen molar-refractivity contribution in [3.8, 4) is 5.75 Å². The molecule has 3 atom stereocenters. The number of carbonyl (C=O) groups excluding carboxylic acids is 2. The fourth-order valence-electron chi connectivity index (χ4n) is 3.18. The summed E-state index contributed by atoms with van der Waals surface area (Å²) in [6.45, 7) is -0.929. The van der Waals surface area contributed by atoms with E-state index in [4.69, 9.17) is 4.74 Å². The van der Waals surface area contributed by atoms with Gasteiger partial charge in [0.1, 0.15) is 23.6 Å². The second kappa shape index (κ2) is 9.55. The normalized spacial score (nSPS) is 22.9. The fourth-order valence-corrected chi connectivity index (χ4v) is 3.18. The highest BCUT2D eigenvalue weighted by molar-refractivity contribution is 5.97. The van der Waals surface area contributed by atoms with Crippen LogP contribution in [0.2, 0.25) is 0 Å². The third kappa shape index (κ3) is 5.75. The number of nitrogens with one attached hydrogen (secondary N) is 2. The van der Waals surface area contributed by atoms with Crippen molar-refractivity contribution >= 4 is 11.8 Å². The largest absolute Gasteiger partial charge is 0.573 e. The van der Waals surface area contributed by atoms with E-state index in [1.807, 2.05) is 0 Å². The van der Waals surface area contributed by atoms with E-state index in [1.165, 1.54) is 12.1 Å². The number of aliphatic hydroxyl groups excluding tert-OH is 1. The highest BCUT2D eigenvalue weighted by Crippen LogP contribution is 2.27. The van der Waals surface area contributed by atoms with Crippen molar-refractivity contribution in [2.24, 2.45) is 0 Å². The molecule has 2 aromatic carbocycles. The maximum atomic E-state index is 12.5. The third-order valence-corrected chi connectivity index (χ3v) is 4.86. The van der Waals surface area contributed by atoms with Crippen LogP contribution in [0, 0.1) is 0 Å². The van der Waals surface area contributed by atoms with Crippen molar-refractivity contribution in [3.05, 3.63) is 65.7 Å². The molecule has 0 radical (unpaired) electrons. The lowest BCUT2D eigenvalue weighted by atomic mass is 9.96. The van der Waals surface area contributed by atoms with E-state index in [1.54, 1.807) is 30.3 Å². The lowest BCUT2D eigenvalue weighted by Gasteiger charge is -2.26. The summed E-state index contributed by atoms with van der Waals surface area (Å²) in [7, 11) is 0. The van der Waals surface area contributed by atoms with Crippen LogP contribution in [0.15, 0.2) is 54.6 Å². The highest BCUT2D eigenvalue weighted by Gasteiger charge is 2.48. The predicted molar refractivity (Wildman–Crippen MR) is 105 cm³/mol. The first-order chi connectivity index (χ1) is 15.1. The number of hydrogen-bond acceptors (Lipinski definition) is 6. The van der Waals surface area contributed by atoms with Gasteiger partial charge in [-0.25, -0.2) is 0 Å². The van der Waals surface area contributed by atoms with Gasteiger partial charge in [0, 0.05) is 12.1 Å². The molecular formula is C21H21F3N2O6. The minimum atomic E-state index is -4.97.